The van der Waals surface area contributed by atoms with Crippen LogP contribution in [-0.4, -0.2) is 9.97 Å². The average Bonchev–Trinajstić information content (AvgIpc) is 3.78. The van der Waals surface area contributed by atoms with Gasteiger partial charge < -0.3 is 9.05 Å². The SMILES string of the molecule is c1ccc([C@H]2OP3(=NP4(=NP5(=N3)Oc3ccccc3N5c3ccccn3)Oc3ccccc3N4c3ccccn3)O[C@@H]2c2ccccc2)cc1. The molecule has 4 aliphatic rings. The van der Waals surface area contributed by atoms with Crippen LogP contribution in [0.4, 0.5) is 23.0 Å². The number of para-hydroxylation sites is 4. The predicted octanol–water partition coefficient (Wildman–Crippen LogP) is 11.6. The molecule has 0 aliphatic carbocycles. The molecular weight excluding hydrogens is 687 g/mol. The lowest BCUT2D eigenvalue weighted by Crippen LogP contribution is -2.16. The molecule has 2 aromatic heterocycles. The lowest BCUT2D eigenvalue weighted by atomic mass is 9.99. The Bertz CT molecular complexity index is 2270. The van der Waals surface area contributed by atoms with Gasteiger partial charge in [0.15, 0.2) is 11.5 Å². The Morgan fingerprint density at radius 1 is 0.440 bits per heavy atom. The van der Waals surface area contributed by atoms with E-state index < -0.39 is 35.0 Å². The van der Waals surface area contributed by atoms with Gasteiger partial charge in [0.2, 0.25) is 0 Å². The molecule has 0 radical (unpaired) electrons. The number of anilines is 4. The van der Waals surface area contributed by atoms with Crippen LogP contribution >= 0.6 is 22.8 Å². The topological polar surface area (TPSA) is 106 Å². The van der Waals surface area contributed by atoms with E-state index in [1.807, 2.05) is 155 Å². The monoisotopic (exact) mass is 715 g/mol. The number of aromatic nitrogens is 2. The molecule has 4 aliphatic heterocycles. The van der Waals surface area contributed by atoms with E-state index in [1.165, 1.54) is 0 Å². The number of fused-ring (bicyclic) bond motifs is 2. The summed E-state index contributed by atoms with van der Waals surface area (Å²) >= 11 is 0. The number of pyridine rings is 2. The molecule has 0 bridgehead atoms. The first-order chi connectivity index (χ1) is 24.6. The second-order valence-electron chi connectivity index (χ2n) is 11.8. The number of hydrogen-bond acceptors (Lipinski definition) is 11. The fraction of sp³-hybridized carbons (Fsp3) is 0.0556. The second-order valence-corrected chi connectivity index (χ2v) is 18.5. The van der Waals surface area contributed by atoms with Crippen LogP contribution in [0.25, 0.3) is 0 Å². The van der Waals surface area contributed by atoms with Gasteiger partial charge in [-0.2, -0.15) is 0 Å². The molecule has 4 atom stereocenters. The predicted molar refractivity (Wildman–Crippen MR) is 195 cm³/mol. The summed E-state index contributed by atoms with van der Waals surface area (Å²) in [5, 5.41) is 0. The minimum absolute atomic E-state index is 0.529. The van der Waals surface area contributed by atoms with Gasteiger partial charge in [0.1, 0.15) is 23.8 Å². The normalized spacial score (nSPS) is 25.3. The van der Waals surface area contributed by atoms with Gasteiger partial charge >= 0.3 is 22.8 Å². The summed E-state index contributed by atoms with van der Waals surface area (Å²) in [5.74, 6) is 2.49. The maximum Gasteiger partial charge on any atom is 0.370 e. The maximum atomic E-state index is 7.18. The average molecular weight is 716 g/mol. The Morgan fingerprint density at radius 3 is 1.36 bits per heavy atom. The van der Waals surface area contributed by atoms with Crippen LogP contribution < -0.4 is 18.4 Å². The fourth-order valence-electron chi connectivity index (χ4n) is 6.52. The largest absolute Gasteiger partial charge is 0.424 e. The van der Waals surface area contributed by atoms with Crippen LogP contribution in [0.1, 0.15) is 23.3 Å². The highest BCUT2D eigenvalue weighted by atomic mass is 31.3. The molecular formula is C36H28N7O4P3. The van der Waals surface area contributed by atoms with E-state index in [-0.39, 0.29) is 0 Å². The van der Waals surface area contributed by atoms with E-state index in [0.717, 1.165) is 22.5 Å². The summed E-state index contributed by atoms with van der Waals surface area (Å²) in [6.07, 6.45) is 2.44. The minimum atomic E-state index is -3.62. The van der Waals surface area contributed by atoms with Crippen molar-refractivity contribution in [1.82, 2.24) is 9.97 Å². The number of rotatable bonds is 4. The van der Waals surface area contributed by atoms with Crippen LogP contribution in [-0.2, 0) is 9.05 Å². The van der Waals surface area contributed by atoms with Gasteiger partial charge in [0.05, 0.1) is 11.4 Å². The van der Waals surface area contributed by atoms with Crippen molar-refractivity contribution in [2.24, 2.45) is 13.5 Å². The Kier molecular flexibility index (Phi) is 6.88. The molecule has 11 nitrogen and oxygen atoms in total. The summed E-state index contributed by atoms with van der Waals surface area (Å²) in [4.78, 5) is 9.56. The van der Waals surface area contributed by atoms with Gasteiger partial charge in [-0.15, -0.1) is 13.5 Å². The van der Waals surface area contributed by atoms with Gasteiger partial charge in [-0.05, 0) is 59.7 Å². The lowest BCUT2D eigenvalue weighted by molar-refractivity contribution is 0.159. The van der Waals surface area contributed by atoms with Crippen molar-refractivity contribution in [3.63, 3.8) is 0 Å². The van der Waals surface area contributed by atoms with Crippen molar-refractivity contribution < 1.29 is 18.1 Å². The Balaban J connectivity index is 1.29. The van der Waals surface area contributed by atoms with E-state index >= 15 is 0 Å². The van der Waals surface area contributed by atoms with Gasteiger partial charge in [0.25, 0.3) is 0 Å². The van der Waals surface area contributed by atoms with E-state index in [2.05, 4.69) is 0 Å². The van der Waals surface area contributed by atoms with Crippen molar-refractivity contribution in [3.8, 4) is 11.5 Å². The van der Waals surface area contributed by atoms with Crippen molar-refractivity contribution in [2.75, 3.05) is 9.34 Å². The van der Waals surface area contributed by atoms with Crippen LogP contribution in [0.3, 0.4) is 0 Å². The standard InChI is InChI=1S/C36H28N7O4P3/c1-3-15-27(16-4-1)35-36(28-17-5-2-6-18-28)47-50(46-35)40-48(42(33-23-11-13-25-37-33)29-19-7-9-21-31(29)44-48)39-49(41-50)43(34-24-12-14-26-38-34)30-20-8-10-22-32(30)45-49/h1-26,35-36H/t35-,36-,48?,49?/m1/s1. The molecule has 1 fully saturated rings. The van der Waals surface area contributed by atoms with Gasteiger partial charge in [-0.3, -0.25) is 9.05 Å². The smallest absolute Gasteiger partial charge is 0.370 e. The molecule has 0 N–H and O–H groups in total. The van der Waals surface area contributed by atoms with Gasteiger partial charge in [0, 0.05) is 12.4 Å². The highest BCUT2D eigenvalue weighted by Crippen LogP contribution is 2.88. The summed E-state index contributed by atoms with van der Waals surface area (Å²) in [6, 6.07) is 47.2. The molecule has 14 heteroatoms. The summed E-state index contributed by atoms with van der Waals surface area (Å²) in [6.45, 7) is 0. The molecule has 0 saturated carbocycles. The lowest BCUT2D eigenvalue weighted by Gasteiger charge is -2.34. The maximum absolute atomic E-state index is 7.18. The zero-order valence-corrected chi connectivity index (χ0v) is 29.0. The van der Waals surface area contributed by atoms with Crippen LogP contribution in [0, 0.1) is 0 Å². The van der Waals surface area contributed by atoms with Gasteiger partial charge in [-0.25, -0.2) is 19.3 Å². The van der Waals surface area contributed by atoms with Crippen molar-refractivity contribution >= 4 is 45.8 Å². The molecule has 246 valence electrons. The first-order valence-electron chi connectivity index (χ1n) is 16.0. The molecule has 4 aromatic carbocycles. The first kappa shape index (κ1) is 29.9. The van der Waals surface area contributed by atoms with E-state index in [4.69, 9.17) is 41.6 Å². The van der Waals surface area contributed by atoms with E-state index in [9.17, 15) is 0 Å². The third-order valence-corrected chi connectivity index (χ3v) is 17.9. The minimum Gasteiger partial charge on any atom is -0.424 e. The summed E-state index contributed by atoms with van der Waals surface area (Å²) in [5.41, 5.74) is 3.45. The summed E-state index contributed by atoms with van der Waals surface area (Å²) in [7, 11) is -10.7. The van der Waals surface area contributed by atoms with Gasteiger partial charge in [-0.1, -0.05) is 97.1 Å². The molecule has 6 aromatic rings. The Labute approximate surface area is 288 Å². The number of benzene rings is 4. The summed E-state index contributed by atoms with van der Waals surface area (Å²) < 4.78 is 48.9. The molecule has 50 heavy (non-hydrogen) atoms. The third kappa shape index (κ3) is 4.70. The fourth-order valence-corrected chi connectivity index (χ4v) is 17.8. The van der Waals surface area contributed by atoms with E-state index in [1.54, 1.807) is 12.4 Å². The zero-order chi connectivity index (χ0) is 33.2. The third-order valence-electron chi connectivity index (χ3n) is 8.61. The highest BCUT2D eigenvalue weighted by Gasteiger charge is 2.58. The molecule has 2 unspecified atom stereocenters. The molecule has 0 amide bonds. The van der Waals surface area contributed by atoms with Crippen LogP contribution in [0.2, 0.25) is 0 Å². The molecule has 10 rings (SSSR count). The Morgan fingerprint density at radius 2 is 0.880 bits per heavy atom. The Hall–Kier alpha value is -5.01. The highest BCUT2D eigenvalue weighted by molar-refractivity contribution is 7.83. The first-order valence-corrected chi connectivity index (χ1v) is 20.7. The van der Waals surface area contributed by atoms with Crippen LogP contribution in [0.5, 0.6) is 11.5 Å². The van der Waals surface area contributed by atoms with E-state index in [0.29, 0.717) is 23.1 Å². The van der Waals surface area contributed by atoms with Crippen LogP contribution in [0.15, 0.2) is 172 Å². The quantitative estimate of drug-likeness (QED) is 0.166. The van der Waals surface area contributed by atoms with Crippen molar-refractivity contribution in [2.45, 2.75) is 12.2 Å². The van der Waals surface area contributed by atoms with Crippen molar-refractivity contribution in [1.29, 1.82) is 0 Å². The number of nitrogens with zero attached hydrogens (tertiary/aromatic N) is 7. The second kappa shape index (κ2) is 11.5. The zero-order valence-electron chi connectivity index (χ0n) is 26.3. The number of hydrogen-bond donors (Lipinski definition) is 0. The molecule has 6 heterocycles. The molecule has 1 saturated heterocycles. The van der Waals surface area contributed by atoms with Crippen molar-refractivity contribution in [3.05, 3.63) is 169 Å². The molecule has 3 spiro atoms.